The number of nitrogens with zero attached hydrogens (tertiary/aromatic N) is 1. The molecule has 2 aromatic rings. The van der Waals surface area contributed by atoms with E-state index in [0.717, 1.165) is 34.4 Å². The van der Waals surface area contributed by atoms with E-state index in [1.54, 1.807) is 18.9 Å². The van der Waals surface area contributed by atoms with Crippen molar-refractivity contribution in [2.24, 2.45) is 0 Å². The average Bonchev–Trinajstić information content (AvgIpc) is 2.70. The van der Waals surface area contributed by atoms with Crippen LogP contribution >= 0.6 is 0 Å². The number of carbonyl (C=O) groups is 2. The molecular formula is C25H34N2O3. The second kappa shape index (κ2) is 10.8. The Morgan fingerprint density at radius 3 is 2.30 bits per heavy atom. The van der Waals surface area contributed by atoms with Crippen molar-refractivity contribution in [3.8, 4) is 5.75 Å². The molecule has 0 aliphatic heterocycles. The third-order valence-electron chi connectivity index (χ3n) is 5.29. The fourth-order valence-electron chi connectivity index (χ4n) is 3.46. The lowest BCUT2D eigenvalue weighted by Gasteiger charge is -2.30. The zero-order valence-electron chi connectivity index (χ0n) is 19.0. The first-order valence-corrected chi connectivity index (χ1v) is 10.5. The lowest BCUT2D eigenvalue weighted by Crippen LogP contribution is -2.49. The van der Waals surface area contributed by atoms with Crippen molar-refractivity contribution in [3.05, 3.63) is 64.7 Å². The molecule has 2 atom stereocenters. The van der Waals surface area contributed by atoms with E-state index in [2.05, 4.69) is 11.4 Å². The van der Waals surface area contributed by atoms with Gasteiger partial charge in [0.2, 0.25) is 11.8 Å². The van der Waals surface area contributed by atoms with E-state index in [1.165, 1.54) is 0 Å². The van der Waals surface area contributed by atoms with Crippen LogP contribution in [0.2, 0.25) is 0 Å². The molecule has 2 aromatic carbocycles. The maximum Gasteiger partial charge on any atom is 0.242 e. The van der Waals surface area contributed by atoms with Gasteiger partial charge in [-0.1, -0.05) is 48.4 Å². The molecule has 0 heterocycles. The fourth-order valence-corrected chi connectivity index (χ4v) is 3.46. The van der Waals surface area contributed by atoms with Crippen LogP contribution in [0.3, 0.4) is 0 Å². The smallest absolute Gasteiger partial charge is 0.242 e. The number of hydrogen-bond donors (Lipinski definition) is 1. The summed E-state index contributed by atoms with van der Waals surface area (Å²) in [6.07, 6.45) is 1.10. The number of aryl methyl sites for hydroxylation is 2. The van der Waals surface area contributed by atoms with E-state index in [4.69, 9.17) is 4.74 Å². The summed E-state index contributed by atoms with van der Waals surface area (Å²) in [7, 11) is 1.62. The lowest BCUT2D eigenvalue weighted by molar-refractivity contribution is -0.140. The Balaban J connectivity index is 2.28. The summed E-state index contributed by atoms with van der Waals surface area (Å²) in [6.45, 7) is 10.2. The molecule has 0 fully saturated rings. The normalized spacial score (nSPS) is 12.7. The highest BCUT2D eigenvalue weighted by Crippen LogP contribution is 2.18. The van der Waals surface area contributed by atoms with Crippen LogP contribution in [0.1, 0.15) is 49.4 Å². The number of nitrogens with one attached hydrogen (secondary N) is 1. The summed E-state index contributed by atoms with van der Waals surface area (Å²) in [4.78, 5) is 27.8. The molecule has 2 amide bonds. The maximum absolute atomic E-state index is 13.3. The van der Waals surface area contributed by atoms with Crippen molar-refractivity contribution in [1.82, 2.24) is 10.2 Å². The van der Waals surface area contributed by atoms with Crippen molar-refractivity contribution in [2.75, 3.05) is 7.11 Å². The van der Waals surface area contributed by atoms with Crippen molar-refractivity contribution in [1.29, 1.82) is 0 Å². The van der Waals surface area contributed by atoms with Gasteiger partial charge in [0.05, 0.1) is 13.5 Å². The molecule has 1 N–H and O–H groups in total. The Morgan fingerprint density at radius 1 is 1.03 bits per heavy atom. The maximum atomic E-state index is 13.3. The minimum absolute atomic E-state index is 0.0631. The topological polar surface area (TPSA) is 58.6 Å². The fraction of sp³-hybridized carbons (Fsp3) is 0.440. The summed E-state index contributed by atoms with van der Waals surface area (Å²) in [5, 5.41) is 3.00. The van der Waals surface area contributed by atoms with Crippen LogP contribution < -0.4 is 10.1 Å². The number of rotatable bonds is 9. The van der Waals surface area contributed by atoms with Crippen LogP contribution in [0, 0.1) is 13.8 Å². The van der Waals surface area contributed by atoms with Gasteiger partial charge in [-0.3, -0.25) is 9.59 Å². The van der Waals surface area contributed by atoms with Gasteiger partial charge in [-0.25, -0.2) is 0 Å². The van der Waals surface area contributed by atoms with Gasteiger partial charge in [0.15, 0.2) is 0 Å². The van der Waals surface area contributed by atoms with Crippen LogP contribution in [-0.4, -0.2) is 35.9 Å². The standard InChI is InChI=1S/C25H34N2O3/c1-7-19(4)26-25(29)20(5)27(16-21-9-8-10-23(14-21)30-6)24(28)15-22-12-17(2)11-18(3)13-22/h8-14,19-20H,7,15-16H2,1-6H3,(H,26,29)/t19-,20+/m1/s1. The molecule has 0 saturated carbocycles. The Morgan fingerprint density at radius 2 is 1.70 bits per heavy atom. The van der Waals surface area contributed by atoms with E-state index in [9.17, 15) is 9.59 Å². The predicted molar refractivity (Wildman–Crippen MR) is 121 cm³/mol. The van der Waals surface area contributed by atoms with Gasteiger partial charge < -0.3 is 15.0 Å². The SMILES string of the molecule is CC[C@@H](C)NC(=O)[C@H](C)N(Cc1cccc(OC)c1)C(=O)Cc1cc(C)cc(C)c1. The largest absolute Gasteiger partial charge is 0.497 e. The van der Waals surface area contributed by atoms with Crippen LogP contribution in [0.5, 0.6) is 5.75 Å². The number of carbonyl (C=O) groups excluding carboxylic acids is 2. The second-order valence-electron chi connectivity index (χ2n) is 8.04. The highest BCUT2D eigenvalue weighted by molar-refractivity contribution is 5.88. The van der Waals surface area contributed by atoms with E-state index < -0.39 is 6.04 Å². The predicted octanol–water partition coefficient (Wildman–Crippen LogP) is 4.19. The van der Waals surface area contributed by atoms with Crippen molar-refractivity contribution in [2.45, 2.75) is 66.1 Å². The Hall–Kier alpha value is -2.82. The van der Waals surface area contributed by atoms with Gasteiger partial charge in [0.1, 0.15) is 11.8 Å². The molecule has 0 aromatic heterocycles. The number of ether oxygens (including phenoxy) is 1. The van der Waals surface area contributed by atoms with Gasteiger partial charge >= 0.3 is 0 Å². The Labute approximate surface area is 180 Å². The molecule has 0 bridgehead atoms. The van der Waals surface area contributed by atoms with Crippen molar-refractivity contribution in [3.63, 3.8) is 0 Å². The van der Waals surface area contributed by atoms with E-state index >= 15 is 0 Å². The van der Waals surface area contributed by atoms with Crippen LogP contribution in [0.25, 0.3) is 0 Å². The molecule has 30 heavy (non-hydrogen) atoms. The first kappa shape index (κ1) is 23.5. The first-order chi connectivity index (χ1) is 14.2. The van der Waals surface area contributed by atoms with Gasteiger partial charge in [0, 0.05) is 12.6 Å². The number of benzene rings is 2. The van der Waals surface area contributed by atoms with E-state index in [1.807, 2.05) is 64.1 Å². The monoisotopic (exact) mass is 410 g/mol. The Kier molecular flexibility index (Phi) is 8.46. The third-order valence-corrected chi connectivity index (χ3v) is 5.29. The summed E-state index contributed by atoms with van der Waals surface area (Å²) < 4.78 is 5.31. The first-order valence-electron chi connectivity index (χ1n) is 10.5. The highest BCUT2D eigenvalue weighted by atomic mass is 16.5. The zero-order valence-corrected chi connectivity index (χ0v) is 19.0. The van der Waals surface area contributed by atoms with Crippen LogP contribution in [0.4, 0.5) is 0 Å². The molecule has 0 saturated heterocycles. The highest BCUT2D eigenvalue weighted by Gasteiger charge is 2.27. The van der Waals surface area contributed by atoms with Gasteiger partial charge in [-0.15, -0.1) is 0 Å². The number of amides is 2. The number of hydrogen-bond acceptors (Lipinski definition) is 3. The molecule has 5 heteroatoms. The quantitative estimate of drug-likeness (QED) is 0.674. The van der Waals surface area contributed by atoms with E-state index in [0.29, 0.717) is 6.54 Å². The van der Waals surface area contributed by atoms with Crippen LogP contribution in [-0.2, 0) is 22.6 Å². The third kappa shape index (κ3) is 6.61. The minimum atomic E-state index is -0.580. The summed E-state index contributed by atoms with van der Waals surface area (Å²) in [6, 6.07) is 13.2. The van der Waals surface area contributed by atoms with Gasteiger partial charge in [-0.05, 0) is 57.4 Å². The Bertz CT molecular complexity index is 858. The van der Waals surface area contributed by atoms with Crippen LogP contribution in [0.15, 0.2) is 42.5 Å². The molecule has 0 radical (unpaired) electrons. The molecule has 0 spiro atoms. The van der Waals surface area contributed by atoms with Crippen molar-refractivity contribution < 1.29 is 14.3 Å². The summed E-state index contributed by atoms with van der Waals surface area (Å²) in [5.41, 5.74) is 4.13. The average molecular weight is 411 g/mol. The summed E-state index contributed by atoms with van der Waals surface area (Å²) in [5.74, 6) is 0.515. The molecule has 0 aliphatic carbocycles. The minimum Gasteiger partial charge on any atom is -0.497 e. The van der Waals surface area contributed by atoms with Gasteiger partial charge in [0.25, 0.3) is 0 Å². The molecule has 5 nitrogen and oxygen atoms in total. The zero-order chi connectivity index (χ0) is 22.3. The van der Waals surface area contributed by atoms with E-state index in [-0.39, 0.29) is 24.3 Å². The lowest BCUT2D eigenvalue weighted by atomic mass is 10.0. The van der Waals surface area contributed by atoms with Crippen molar-refractivity contribution >= 4 is 11.8 Å². The molecule has 2 rings (SSSR count). The molecule has 0 aliphatic rings. The van der Waals surface area contributed by atoms with Gasteiger partial charge in [-0.2, -0.15) is 0 Å². The molecule has 0 unspecified atom stereocenters. The number of methoxy groups -OCH3 is 1. The molecular weight excluding hydrogens is 376 g/mol. The molecule has 162 valence electrons. The summed E-state index contributed by atoms with van der Waals surface area (Å²) >= 11 is 0. The second-order valence-corrected chi connectivity index (χ2v) is 8.04.